The minimum atomic E-state index is 0.160. The van der Waals surface area contributed by atoms with Crippen LogP contribution in [0.1, 0.15) is 46.5 Å². The molecule has 0 rings (SSSR count). The molecule has 0 heterocycles. The second-order valence-electron chi connectivity index (χ2n) is 5.31. The second-order valence-corrected chi connectivity index (χ2v) is 5.31. The third kappa shape index (κ3) is 8.08. The van der Waals surface area contributed by atoms with Crippen LogP contribution in [0.4, 0.5) is 0 Å². The first-order valence-corrected chi connectivity index (χ1v) is 6.39. The molecule has 2 N–H and O–H groups in total. The summed E-state index contributed by atoms with van der Waals surface area (Å²) in [5, 5.41) is 12.5. The van der Waals surface area contributed by atoms with Gasteiger partial charge in [0.05, 0.1) is 6.61 Å². The Morgan fingerprint density at radius 2 is 2.06 bits per heavy atom. The predicted molar refractivity (Wildman–Crippen MR) is 68.7 cm³/mol. The molecule has 98 valence electrons. The molecule has 1 unspecified atom stereocenters. The summed E-state index contributed by atoms with van der Waals surface area (Å²) in [5.41, 5.74) is 0.160. The normalized spacial score (nSPS) is 14.1. The number of nitrogens with one attached hydrogen (secondary N) is 1. The van der Waals surface area contributed by atoms with E-state index < -0.39 is 0 Å². The van der Waals surface area contributed by atoms with Gasteiger partial charge in [0.15, 0.2) is 0 Å². The lowest BCUT2D eigenvalue weighted by atomic mass is 9.89. The van der Waals surface area contributed by atoms with E-state index in [2.05, 4.69) is 26.1 Å². The van der Waals surface area contributed by atoms with Gasteiger partial charge < -0.3 is 15.2 Å². The molecule has 3 nitrogen and oxygen atoms in total. The van der Waals surface area contributed by atoms with Crippen LogP contribution in [-0.4, -0.2) is 38.0 Å². The largest absolute Gasteiger partial charge is 0.396 e. The Balaban J connectivity index is 3.89. The van der Waals surface area contributed by atoms with Crippen LogP contribution in [-0.2, 0) is 4.74 Å². The van der Waals surface area contributed by atoms with Crippen molar-refractivity contribution in [2.45, 2.75) is 52.5 Å². The Morgan fingerprint density at radius 3 is 2.56 bits per heavy atom. The molecule has 0 fully saturated rings. The van der Waals surface area contributed by atoms with E-state index in [-0.39, 0.29) is 12.0 Å². The molecule has 0 aliphatic carbocycles. The molecule has 1 atom stereocenters. The van der Waals surface area contributed by atoms with Crippen molar-refractivity contribution in [3.8, 4) is 0 Å². The SMILES string of the molecule is CCCCC(COC)NCC(C)(C)CCO. The first-order valence-electron chi connectivity index (χ1n) is 6.39. The Bertz CT molecular complexity index is 160. The lowest BCUT2D eigenvalue weighted by molar-refractivity contribution is 0.146. The van der Waals surface area contributed by atoms with Gasteiger partial charge in [-0.3, -0.25) is 0 Å². The van der Waals surface area contributed by atoms with Crippen LogP contribution < -0.4 is 5.32 Å². The standard InChI is InChI=1S/C13H29NO2/c1-5-6-7-12(10-16-4)14-11-13(2,3)8-9-15/h12,14-15H,5-11H2,1-4H3. The molecule has 0 radical (unpaired) electrons. The summed E-state index contributed by atoms with van der Waals surface area (Å²) in [6.45, 7) is 8.54. The summed E-state index contributed by atoms with van der Waals surface area (Å²) in [5.74, 6) is 0. The molecule has 0 amide bonds. The van der Waals surface area contributed by atoms with E-state index >= 15 is 0 Å². The van der Waals surface area contributed by atoms with Crippen molar-refractivity contribution in [1.29, 1.82) is 0 Å². The fraction of sp³-hybridized carbons (Fsp3) is 1.00. The summed E-state index contributed by atoms with van der Waals surface area (Å²) >= 11 is 0. The molecule has 3 heteroatoms. The quantitative estimate of drug-likeness (QED) is 0.605. The van der Waals surface area contributed by atoms with Crippen molar-refractivity contribution in [3.05, 3.63) is 0 Å². The molecule has 0 aliphatic heterocycles. The Labute approximate surface area is 101 Å². The van der Waals surface area contributed by atoms with Crippen molar-refractivity contribution >= 4 is 0 Å². The molecule has 0 spiro atoms. The van der Waals surface area contributed by atoms with Gasteiger partial charge in [0.1, 0.15) is 0 Å². The summed E-state index contributed by atoms with van der Waals surface area (Å²) in [4.78, 5) is 0. The lowest BCUT2D eigenvalue weighted by Crippen LogP contribution is -2.40. The highest BCUT2D eigenvalue weighted by Gasteiger charge is 2.18. The zero-order valence-corrected chi connectivity index (χ0v) is 11.4. The van der Waals surface area contributed by atoms with E-state index in [0.717, 1.165) is 19.6 Å². The van der Waals surface area contributed by atoms with Crippen molar-refractivity contribution < 1.29 is 9.84 Å². The molecule has 0 saturated heterocycles. The molecule has 0 bridgehead atoms. The zero-order chi connectivity index (χ0) is 12.4. The van der Waals surface area contributed by atoms with Gasteiger partial charge >= 0.3 is 0 Å². The summed E-state index contributed by atoms with van der Waals surface area (Å²) < 4.78 is 5.21. The van der Waals surface area contributed by atoms with E-state index in [1.807, 2.05) is 0 Å². The second kappa shape index (κ2) is 8.97. The maximum Gasteiger partial charge on any atom is 0.0615 e. The van der Waals surface area contributed by atoms with E-state index in [1.54, 1.807) is 7.11 Å². The van der Waals surface area contributed by atoms with Crippen LogP contribution >= 0.6 is 0 Å². The van der Waals surface area contributed by atoms with Gasteiger partial charge in [0, 0.05) is 26.3 Å². The van der Waals surface area contributed by atoms with E-state index in [1.165, 1.54) is 19.3 Å². The number of hydrogen-bond donors (Lipinski definition) is 2. The number of aliphatic hydroxyl groups is 1. The maximum absolute atomic E-state index is 8.96. The fourth-order valence-electron chi connectivity index (χ4n) is 1.71. The minimum Gasteiger partial charge on any atom is -0.396 e. The van der Waals surface area contributed by atoms with Crippen LogP contribution in [0.15, 0.2) is 0 Å². The number of hydrogen-bond acceptors (Lipinski definition) is 3. The van der Waals surface area contributed by atoms with E-state index in [4.69, 9.17) is 9.84 Å². The van der Waals surface area contributed by atoms with Gasteiger partial charge in [0.25, 0.3) is 0 Å². The third-order valence-corrected chi connectivity index (χ3v) is 2.93. The van der Waals surface area contributed by atoms with Crippen molar-refractivity contribution in [2.24, 2.45) is 5.41 Å². The average Bonchev–Trinajstić information content (AvgIpc) is 2.22. The summed E-state index contributed by atoms with van der Waals surface area (Å²) in [7, 11) is 1.75. The van der Waals surface area contributed by atoms with Crippen molar-refractivity contribution in [3.63, 3.8) is 0 Å². The molecule has 0 aromatic carbocycles. The molecule has 0 aromatic rings. The number of rotatable bonds is 10. The monoisotopic (exact) mass is 231 g/mol. The Kier molecular flexibility index (Phi) is 8.90. The lowest BCUT2D eigenvalue weighted by Gasteiger charge is -2.27. The number of aliphatic hydroxyl groups excluding tert-OH is 1. The highest BCUT2D eigenvalue weighted by Crippen LogP contribution is 2.18. The van der Waals surface area contributed by atoms with Crippen molar-refractivity contribution in [1.82, 2.24) is 5.32 Å². The predicted octanol–water partition coefficient (Wildman–Crippen LogP) is 2.19. The molecule has 16 heavy (non-hydrogen) atoms. The Morgan fingerprint density at radius 1 is 1.38 bits per heavy atom. The van der Waals surface area contributed by atoms with Gasteiger partial charge in [-0.25, -0.2) is 0 Å². The molecular weight excluding hydrogens is 202 g/mol. The number of methoxy groups -OCH3 is 1. The van der Waals surface area contributed by atoms with Gasteiger partial charge in [-0.1, -0.05) is 33.6 Å². The van der Waals surface area contributed by atoms with Gasteiger partial charge in [0.2, 0.25) is 0 Å². The van der Waals surface area contributed by atoms with Gasteiger partial charge in [-0.05, 0) is 18.3 Å². The van der Waals surface area contributed by atoms with E-state index in [0.29, 0.717) is 6.04 Å². The third-order valence-electron chi connectivity index (χ3n) is 2.93. The Hall–Kier alpha value is -0.120. The first-order chi connectivity index (χ1) is 7.55. The maximum atomic E-state index is 8.96. The fourth-order valence-corrected chi connectivity index (χ4v) is 1.71. The van der Waals surface area contributed by atoms with Crippen LogP contribution in [0.5, 0.6) is 0 Å². The van der Waals surface area contributed by atoms with Crippen LogP contribution in [0, 0.1) is 5.41 Å². The summed E-state index contributed by atoms with van der Waals surface area (Å²) in [6, 6.07) is 0.447. The van der Waals surface area contributed by atoms with Gasteiger partial charge in [-0.15, -0.1) is 0 Å². The summed E-state index contributed by atoms with van der Waals surface area (Å²) in [6.07, 6.45) is 4.47. The zero-order valence-electron chi connectivity index (χ0n) is 11.4. The van der Waals surface area contributed by atoms with Crippen LogP contribution in [0.2, 0.25) is 0 Å². The smallest absolute Gasteiger partial charge is 0.0615 e. The van der Waals surface area contributed by atoms with Crippen molar-refractivity contribution in [2.75, 3.05) is 26.9 Å². The molecule has 0 saturated carbocycles. The van der Waals surface area contributed by atoms with Crippen LogP contribution in [0.3, 0.4) is 0 Å². The highest BCUT2D eigenvalue weighted by atomic mass is 16.5. The van der Waals surface area contributed by atoms with E-state index in [9.17, 15) is 0 Å². The number of unbranched alkanes of at least 4 members (excludes halogenated alkanes) is 1. The first kappa shape index (κ1) is 15.9. The van der Waals surface area contributed by atoms with Crippen LogP contribution in [0.25, 0.3) is 0 Å². The highest BCUT2D eigenvalue weighted by molar-refractivity contribution is 4.75. The molecule has 0 aromatic heterocycles. The average molecular weight is 231 g/mol. The topological polar surface area (TPSA) is 41.5 Å². The molecule has 0 aliphatic rings. The number of ether oxygens (including phenoxy) is 1. The van der Waals surface area contributed by atoms with Gasteiger partial charge in [-0.2, -0.15) is 0 Å². The minimum absolute atomic E-state index is 0.160. The molecular formula is C13H29NO2.